The van der Waals surface area contributed by atoms with Crippen molar-refractivity contribution in [3.8, 4) is 0 Å². The Kier molecular flexibility index (Phi) is 10.8. The highest BCUT2D eigenvalue weighted by Crippen LogP contribution is 2.80. The molecule has 0 nitrogen and oxygen atoms in total. The van der Waals surface area contributed by atoms with E-state index < -0.39 is 23.8 Å². The van der Waals surface area contributed by atoms with Gasteiger partial charge < -0.3 is 0 Å². The lowest BCUT2D eigenvalue weighted by Crippen LogP contribution is -2.44. The summed E-state index contributed by atoms with van der Waals surface area (Å²) in [6.45, 7) is 16.6. The molecule has 242 valence electrons. The molecule has 0 amide bonds. The fraction of sp³-hybridized carbons (Fsp3) is 0.200. The summed E-state index contributed by atoms with van der Waals surface area (Å²) >= 11 is 0. The second kappa shape index (κ2) is 15.0. The Bertz CT molecular complexity index is 1660. The minimum atomic E-state index is -0.905. The predicted molar refractivity (Wildman–Crippen MR) is 219 cm³/mol. The molecule has 0 aliphatic heterocycles. The van der Waals surface area contributed by atoms with Gasteiger partial charge in [-0.2, -0.15) is 0 Å². The summed E-state index contributed by atoms with van der Waals surface area (Å²) in [7, 11) is -2.72. The van der Waals surface area contributed by atoms with Gasteiger partial charge in [-0.3, -0.25) is 0 Å². The molecule has 0 aliphatic rings. The average Bonchev–Trinajstić information content (AvgIpc) is 3.09. The van der Waals surface area contributed by atoms with Gasteiger partial charge in [0.1, 0.15) is 0 Å². The van der Waals surface area contributed by atoms with Crippen LogP contribution in [0.4, 0.5) is 0 Å². The van der Waals surface area contributed by atoms with Crippen LogP contribution in [0.25, 0.3) is 0 Å². The van der Waals surface area contributed by atoms with Crippen LogP contribution >= 0.6 is 23.8 Å². The lowest BCUT2D eigenvalue weighted by atomic mass is 10.2. The van der Waals surface area contributed by atoms with Crippen LogP contribution in [0.1, 0.15) is 46.7 Å². The van der Waals surface area contributed by atoms with Crippen LogP contribution in [-0.2, 0) is 0 Å². The summed E-state index contributed by atoms with van der Waals surface area (Å²) in [4.78, 5) is 0. The van der Waals surface area contributed by atoms with Crippen LogP contribution in [0.5, 0.6) is 0 Å². The Morgan fingerprint density at radius 1 is 0.312 bits per heavy atom. The van der Waals surface area contributed by atoms with Crippen molar-refractivity contribution in [3.63, 3.8) is 0 Å². The van der Waals surface area contributed by atoms with Gasteiger partial charge in [0.2, 0.25) is 0 Å². The molecule has 0 radical (unpaired) electrons. The molecule has 0 unspecified atom stereocenters. The van der Waals surface area contributed by atoms with Crippen LogP contribution in [0, 0.1) is 41.5 Å². The largest absolute Gasteiger partial charge is 0.0638 e. The molecule has 0 atom stereocenters. The van der Waals surface area contributed by atoms with Crippen LogP contribution in [0.3, 0.4) is 0 Å². The minimum Gasteiger partial charge on any atom is -0.0638 e. The third-order valence-corrected chi connectivity index (χ3v) is 22.3. The van der Waals surface area contributed by atoms with Gasteiger partial charge in [0.15, 0.2) is 0 Å². The number of aryl methyl sites for hydroxylation is 6. The monoisotopic (exact) mass is 680 g/mol. The second-order valence-corrected chi connectivity index (χ2v) is 21.1. The van der Waals surface area contributed by atoms with Crippen molar-refractivity contribution < 1.29 is 0 Å². The van der Waals surface area contributed by atoms with Gasteiger partial charge in [0.05, 0.1) is 4.64 Å². The van der Waals surface area contributed by atoms with Gasteiger partial charge in [-0.15, -0.1) is 0 Å². The molecular weight excluding hydrogens is 633 g/mol. The van der Waals surface area contributed by atoms with Gasteiger partial charge in [-0.1, -0.05) is 153 Å². The molecule has 6 rings (SSSR count). The van der Waals surface area contributed by atoms with Crippen molar-refractivity contribution in [1.82, 2.24) is 0 Å². The molecule has 0 aromatic heterocycles. The first-order chi connectivity index (χ1) is 23.3. The van der Waals surface area contributed by atoms with Gasteiger partial charge >= 0.3 is 0 Å². The van der Waals surface area contributed by atoms with Crippen LogP contribution < -0.4 is 31.8 Å². The molecule has 0 bridgehead atoms. The van der Waals surface area contributed by atoms with Crippen LogP contribution in [-0.4, -0.2) is 4.64 Å². The van der Waals surface area contributed by atoms with E-state index in [2.05, 4.69) is 194 Å². The zero-order valence-corrected chi connectivity index (χ0v) is 32.1. The standard InChI is InChI=1S/C45H47P3/c1-8-45(46(39-27-15-9-21-33(39)2)40-28-16-10-22-34(40)3,47(41-29-17-11-23-35(41)4)42-30-18-12-24-36(42)5)48(43-31-19-13-25-37(43)6)44-32-20-14-26-38(44)7/h9-32H,8H2,1-7H3. The first kappa shape index (κ1) is 34.5. The van der Waals surface area contributed by atoms with Gasteiger partial charge in [-0.05, 0) is 137 Å². The first-order valence-corrected chi connectivity index (χ1v) is 21.1. The Morgan fingerprint density at radius 2 is 0.479 bits per heavy atom. The highest BCUT2D eigenvalue weighted by molar-refractivity contribution is 8.05. The van der Waals surface area contributed by atoms with Gasteiger partial charge in [-0.25, -0.2) is 0 Å². The fourth-order valence-electron chi connectivity index (χ4n) is 7.21. The van der Waals surface area contributed by atoms with Crippen molar-refractivity contribution in [1.29, 1.82) is 0 Å². The Hall–Kier alpha value is -3.39. The highest BCUT2D eigenvalue weighted by atomic mass is 31.2. The van der Waals surface area contributed by atoms with E-state index in [1.165, 1.54) is 65.2 Å². The normalized spacial score (nSPS) is 11.9. The van der Waals surface area contributed by atoms with Gasteiger partial charge in [0.25, 0.3) is 0 Å². The second-order valence-electron chi connectivity index (χ2n) is 12.9. The molecule has 48 heavy (non-hydrogen) atoms. The molecule has 0 saturated heterocycles. The molecule has 0 aliphatic carbocycles. The van der Waals surface area contributed by atoms with Crippen molar-refractivity contribution in [2.75, 3.05) is 0 Å². The highest BCUT2D eigenvalue weighted by Gasteiger charge is 2.54. The van der Waals surface area contributed by atoms with E-state index in [9.17, 15) is 0 Å². The zero-order chi connectivity index (χ0) is 33.8. The van der Waals surface area contributed by atoms with Crippen LogP contribution in [0.2, 0.25) is 0 Å². The molecule has 0 heterocycles. The summed E-state index contributed by atoms with van der Waals surface area (Å²) in [5.41, 5.74) is 8.33. The molecule has 0 saturated carbocycles. The minimum absolute atomic E-state index is 0.144. The quantitative estimate of drug-likeness (QED) is 0.126. The fourth-order valence-corrected chi connectivity index (χ4v) is 21.5. The Balaban J connectivity index is 1.90. The molecule has 6 aromatic rings. The third kappa shape index (κ3) is 6.37. The molecule has 6 aromatic carbocycles. The lowest BCUT2D eigenvalue weighted by Gasteiger charge is -2.54. The lowest BCUT2D eigenvalue weighted by molar-refractivity contribution is 0.982. The maximum atomic E-state index is 2.52. The first-order valence-electron chi connectivity index (χ1n) is 17.0. The van der Waals surface area contributed by atoms with Crippen LogP contribution in [0.15, 0.2) is 146 Å². The van der Waals surface area contributed by atoms with E-state index in [1.807, 2.05) is 0 Å². The van der Waals surface area contributed by atoms with E-state index in [-0.39, 0.29) is 4.64 Å². The summed E-state index contributed by atoms with van der Waals surface area (Å²) in [6, 6.07) is 55.8. The van der Waals surface area contributed by atoms with E-state index in [0.29, 0.717) is 0 Å². The van der Waals surface area contributed by atoms with Crippen molar-refractivity contribution >= 4 is 55.6 Å². The predicted octanol–water partition coefficient (Wildman–Crippen LogP) is 10.3. The molecule has 0 fully saturated rings. The number of hydrogen-bond acceptors (Lipinski definition) is 0. The van der Waals surface area contributed by atoms with E-state index in [4.69, 9.17) is 0 Å². The number of hydrogen-bond donors (Lipinski definition) is 0. The Morgan fingerprint density at radius 3 is 0.625 bits per heavy atom. The summed E-state index contributed by atoms with van der Waals surface area (Å²) in [6.07, 6.45) is 1.05. The van der Waals surface area contributed by atoms with Crippen molar-refractivity contribution in [2.24, 2.45) is 0 Å². The molecule has 0 spiro atoms. The van der Waals surface area contributed by atoms with E-state index in [1.54, 1.807) is 0 Å². The smallest absolute Gasteiger partial charge is 0.0543 e. The maximum absolute atomic E-state index is 2.52. The summed E-state index contributed by atoms with van der Waals surface area (Å²) in [5.74, 6) is 0. The average molecular weight is 681 g/mol. The van der Waals surface area contributed by atoms with E-state index in [0.717, 1.165) is 6.42 Å². The summed E-state index contributed by atoms with van der Waals surface area (Å²) in [5, 5.41) is 9.04. The number of benzene rings is 6. The molecular formula is C45H47P3. The Labute approximate surface area is 293 Å². The van der Waals surface area contributed by atoms with Crippen molar-refractivity contribution in [2.45, 2.75) is 59.5 Å². The third-order valence-electron chi connectivity index (χ3n) is 9.69. The summed E-state index contributed by atoms with van der Waals surface area (Å²) < 4.78 is -0.144. The zero-order valence-electron chi connectivity index (χ0n) is 29.4. The number of rotatable bonds is 10. The molecule has 3 heteroatoms. The molecule has 0 N–H and O–H groups in total. The topological polar surface area (TPSA) is 0 Å². The van der Waals surface area contributed by atoms with Crippen molar-refractivity contribution in [3.05, 3.63) is 179 Å². The van der Waals surface area contributed by atoms with E-state index >= 15 is 0 Å². The SMILES string of the molecule is CCC(P(c1ccccc1C)c1ccccc1C)(P(c1ccccc1C)c1ccccc1C)P(c1ccccc1C)c1ccccc1C. The van der Waals surface area contributed by atoms with Gasteiger partial charge in [0, 0.05) is 0 Å². The maximum Gasteiger partial charge on any atom is 0.0543 e.